The lowest BCUT2D eigenvalue weighted by Gasteiger charge is -2.38. The summed E-state index contributed by atoms with van der Waals surface area (Å²) >= 11 is 0. The van der Waals surface area contributed by atoms with Gasteiger partial charge < -0.3 is 24.4 Å². The molecule has 2 aromatic carbocycles. The van der Waals surface area contributed by atoms with E-state index in [0.717, 1.165) is 5.56 Å². The van der Waals surface area contributed by atoms with Crippen molar-refractivity contribution in [1.82, 2.24) is 10.2 Å². The van der Waals surface area contributed by atoms with Gasteiger partial charge in [-0.2, -0.15) is 0 Å². The summed E-state index contributed by atoms with van der Waals surface area (Å²) in [6.45, 7) is 3.41. The van der Waals surface area contributed by atoms with E-state index in [1.165, 1.54) is 24.3 Å². The first-order chi connectivity index (χ1) is 14.9. The van der Waals surface area contributed by atoms with Gasteiger partial charge in [-0.05, 0) is 54.8 Å². The molecule has 2 heterocycles. The standard InChI is InChI=1S/C23H25FN2O5/c1-23(22(28)25-13-16-2-7-19-20(12-16)31-15-30-19)8-10-26(11-9-23)21(27)14-29-18-5-3-17(24)4-6-18/h2-7,12H,8-11,13-15H2,1H3,(H,25,28). The Morgan fingerprint density at radius 3 is 2.55 bits per heavy atom. The molecule has 0 bridgehead atoms. The van der Waals surface area contributed by atoms with E-state index in [0.29, 0.717) is 49.7 Å². The Labute approximate surface area is 180 Å². The number of carbonyl (C=O) groups is 2. The Kier molecular flexibility index (Phi) is 5.97. The summed E-state index contributed by atoms with van der Waals surface area (Å²) in [5.41, 5.74) is 0.400. The van der Waals surface area contributed by atoms with E-state index in [-0.39, 0.29) is 31.0 Å². The van der Waals surface area contributed by atoms with Crippen molar-refractivity contribution in [2.45, 2.75) is 26.3 Å². The molecule has 2 aromatic rings. The molecule has 0 unspecified atom stereocenters. The fourth-order valence-electron chi connectivity index (χ4n) is 3.69. The maximum absolute atomic E-state index is 12.9. The molecule has 0 aromatic heterocycles. The number of nitrogens with one attached hydrogen (secondary N) is 1. The normalized spacial score (nSPS) is 16.6. The van der Waals surface area contributed by atoms with Gasteiger partial charge in [0.1, 0.15) is 11.6 Å². The van der Waals surface area contributed by atoms with Crippen molar-refractivity contribution in [3.8, 4) is 17.2 Å². The summed E-state index contributed by atoms with van der Waals surface area (Å²) in [5.74, 6) is 1.31. The SMILES string of the molecule is CC1(C(=O)NCc2ccc3c(c2)OCO3)CCN(C(=O)COc2ccc(F)cc2)CC1. The van der Waals surface area contributed by atoms with Crippen LogP contribution < -0.4 is 19.5 Å². The van der Waals surface area contributed by atoms with Gasteiger partial charge in [0.25, 0.3) is 5.91 Å². The van der Waals surface area contributed by atoms with Crippen LogP contribution in [0.5, 0.6) is 17.2 Å². The van der Waals surface area contributed by atoms with Crippen molar-refractivity contribution >= 4 is 11.8 Å². The fraction of sp³-hybridized carbons (Fsp3) is 0.391. The van der Waals surface area contributed by atoms with Crippen molar-refractivity contribution in [3.05, 3.63) is 53.8 Å². The van der Waals surface area contributed by atoms with Gasteiger partial charge in [0.05, 0.1) is 0 Å². The average molecular weight is 428 g/mol. The van der Waals surface area contributed by atoms with E-state index in [9.17, 15) is 14.0 Å². The van der Waals surface area contributed by atoms with E-state index in [4.69, 9.17) is 14.2 Å². The predicted molar refractivity (Wildman–Crippen MR) is 110 cm³/mol. The molecule has 0 saturated carbocycles. The highest BCUT2D eigenvalue weighted by molar-refractivity contribution is 5.83. The molecule has 0 radical (unpaired) electrons. The number of ether oxygens (including phenoxy) is 3. The second-order valence-corrected chi connectivity index (χ2v) is 8.05. The minimum absolute atomic E-state index is 0.0279. The average Bonchev–Trinajstić information content (AvgIpc) is 3.25. The zero-order valence-electron chi connectivity index (χ0n) is 17.4. The molecule has 2 amide bonds. The topological polar surface area (TPSA) is 77.1 Å². The molecule has 2 aliphatic heterocycles. The van der Waals surface area contributed by atoms with Gasteiger partial charge in [-0.15, -0.1) is 0 Å². The lowest BCUT2D eigenvalue weighted by Crippen LogP contribution is -2.49. The lowest BCUT2D eigenvalue weighted by atomic mass is 9.79. The molecular formula is C23H25FN2O5. The van der Waals surface area contributed by atoms with E-state index in [1.807, 2.05) is 25.1 Å². The van der Waals surface area contributed by atoms with Crippen LogP contribution in [0.25, 0.3) is 0 Å². The lowest BCUT2D eigenvalue weighted by molar-refractivity contribution is -0.141. The van der Waals surface area contributed by atoms with Crippen LogP contribution in [0.4, 0.5) is 4.39 Å². The summed E-state index contributed by atoms with van der Waals surface area (Å²) in [4.78, 5) is 26.9. The van der Waals surface area contributed by atoms with E-state index in [1.54, 1.807) is 4.90 Å². The quantitative estimate of drug-likeness (QED) is 0.766. The van der Waals surface area contributed by atoms with Gasteiger partial charge in [0.15, 0.2) is 18.1 Å². The second kappa shape index (κ2) is 8.83. The Bertz CT molecular complexity index is 955. The van der Waals surface area contributed by atoms with Crippen LogP contribution in [0.15, 0.2) is 42.5 Å². The number of amides is 2. The predicted octanol–water partition coefficient (Wildman–Crippen LogP) is 2.88. The third kappa shape index (κ3) is 4.90. The van der Waals surface area contributed by atoms with Crippen molar-refractivity contribution in [1.29, 1.82) is 0 Å². The van der Waals surface area contributed by atoms with E-state index >= 15 is 0 Å². The minimum atomic E-state index is -0.537. The first-order valence-corrected chi connectivity index (χ1v) is 10.3. The highest BCUT2D eigenvalue weighted by Crippen LogP contribution is 2.33. The number of halogens is 1. The number of hydrogen-bond acceptors (Lipinski definition) is 5. The van der Waals surface area contributed by atoms with Crippen molar-refractivity contribution in [3.63, 3.8) is 0 Å². The number of nitrogens with zero attached hydrogens (tertiary/aromatic N) is 1. The van der Waals surface area contributed by atoms with Crippen LogP contribution in [-0.2, 0) is 16.1 Å². The van der Waals surface area contributed by atoms with Crippen LogP contribution in [0, 0.1) is 11.2 Å². The molecule has 8 heteroatoms. The van der Waals surface area contributed by atoms with Crippen LogP contribution in [-0.4, -0.2) is 43.2 Å². The van der Waals surface area contributed by atoms with Gasteiger partial charge in [-0.3, -0.25) is 9.59 Å². The van der Waals surface area contributed by atoms with Crippen LogP contribution >= 0.6 is 0 Å². The molecule has 31 heavy (non-hydrogen) atoms. The third-order valence-electron chi connectivity index (χ3n) is 5.83. The molecule has 4 rings (SSSR count). The molecule has 7 nitrogen and oxygen atoms in total. The molecular weight excluding hydrogens is 403 g/mol. The van der Waals surface area contributed by atoms with E-state index < -0.39 is 5.41 Å². The van der Waals surface area contributed by atoms with Crippen molar-refractivity contribution < 1.29 is 28.2 Å². The largest absolute Gasteiger partial charge is 0.484 e. The van der Waals surface area contributed by atoms with Crippen LogP contribution in [0.3, 0.4) is 0 Å². The molecule has 0 atom stereocenters. The maximum Gasteiger partial charge on any atom is 0.260 e. The number of piperidine rings is 1. The number of hydrogen-bond donors (Lipinski definition) is 1. The Balaban J connectivity index is 1.24. The highest BCUT2D eigenvalue weighted by Gasteiger charge is 2.38. The smallest absolute Gasteiger partial charge is 0.260 e. The van der Waals surface area contributed by atoms with Crippen LogP contribution in [0.1, 0.15) is 25.3 Å². The summed E-state index contributed by atoms with van der Waals surface area (Å²) < 4.78 is 29.1. The summed E-state index contributed by atoms with van der Waals surface area (Å²) in [6, 6.07) is 11.2. The monoisotopic (exact) mass is 428 g/mol. The summed E-state index contributed by atoms with van der Waals surface area (Å²) in [5, 5.41) is 3.00. The van der Waals surface area contributed by atoms with Gasteiger partial charge in [0.2, 0.25) is 12.7 Å². The number of benzene rings is 2. The Morgan fingerprint density at radius 1 is 1.10 bits per heavy atom. The van der Waals surface area contributed by atoms with Crippen molar-refractivity contribution in [2.24, 2.45) is 5.41 Å². The van der Waals surface area contributed by atoms with Crippen LogP contribution in [0.2, 0.25) is 0 Å². The van der Waals surface area contributed by atoms with Gasteiger partial charge in [0, 0.05) is 25.0 Å². The molecule has 164 valence electrons. The number of likely N-dealkylation sites (tertiary alicyclic amines) is 1. The summed E-state index contributed by atoms with van der Waals surface area (Å²) in [6.07, 6.45) is 1.14. The van der Waals surface area contributed by atoms with Gasteiger partial charge >= 0.3 is 0 Å². The van der Waals surface area contributed by atoms with Crippen molar-refractivity contribution in [2.75, 3.05) is 26.5 Å². The minimum Gasteiger partial charge on any atom is -0.484 e. The molecule has 0 aliphatic carbocycles. The van der Waals surface area contributed by atoms with Gasteiger partial charge in [-0.1, -0.05) is 13.0 Å². The Morgan fingerprint density at radius 2 is 1.81 bits per heavy atom. The summed E-state index contributed by atoms with van der Waals surface area (Å²) in [7, 11) is 0. The molecule has 0 spiro atoms. The molecule has 2 aliphatic rings. The second-order valence-electron chi connectivity index (χ2n) is 8.05. The number of rotatable bonds is 6. The third-order valence-corrected chi connectivity index (χ3v) is 5.83. The molecule has 1 N–H and O–H groups in total. The zero-order valence-corrected chi connectivity index (χ0v) is 17.4. The highest BCUT2D eigenvalue weighted by atomic mass is 19.1. The van der Waals surface area contributed by atoms with Gasteiger partial charge in [-0.25, -0.2) is 4.39 Å². The Hall–Kier alpha value is -3.29. The number of carbonyl (C=O) groups excluding carboxylic acids is 2. The number of fused-ring (bicyclic) bond motifs is 1. The maximum atomic E-state index is 12.9. The fourth-order valence-corrected chi connectivity index (χ4v) is 3.69. The molecule has 1 fully saturated rings. The molecule has 1 saturated heterocycles. The first-order valence-electron chi connectivity index (χ1n) is 10.3. The first kappa shape index (κ1) is 21.0. The van der Waals surface area contributed by atoms with E-state index in [2.05, 4.69) is 5.32 Å². The zero-order chi connectivity index (χ0) is 21.8.